The van der Waals surface area contributed by atoms with E-state index in [0.29, 0.717) is 5.69 Å². The number of anilines is 1. The SMILES string of the molecule is NC(=O)CC(O)C(O)c1c(Cl)cc(N)cc1Cl. The van der Waals surface area contributed by atoms with Crippen LogP contribution in [0.15, 0.2) is 12.1 Å². The number of halogens is 2. The number of rotatable bonds is 4. The Labute approximate surface area is 108 Å². The second-order valence-electron chi connectivity index (χ2n) is 3.58. The monoisotopic (exact) mass is 278 g/mol. The largest absolute Gasteiger partial charge is 0.399 e. The number of nitrogen functional groups attached to an aromatic ring is 1. The first-order valence-corrected chi connectivity index (χ1v) is 5.47. The number of aliphatic hydroxyl groups is 2. The number of hydrogen-bond acceptors (Lipinski definition) is 4. The van der Waals surface area contributed by atoms with Crippen molar-refractivity contribution in [2.75, 3.05) is 5.73 Å². The number of nitrogens with two attached hydrogens (primary N) is 2. The lowest BCUT2D eigenvalue weighted by Gasteiger charge is -2.19. The summed E-state index contributed by atoms with van der Waals surface area (Å²) in [6.07, 6.45) is -3.16. The van der Waals surface area contributed by atoms with E-state index in [0.717, 1.165) is 0 Å². The lowest BCUT2D eigenvalue weighted by Crippen LogP contribution is -2.26. The lowest BCUT2D eigenvalue weighted by molar-refractivity contribution is -0.121. The van der Waals surface area contributed by atoms with Gasteiger partial charge in [-0.05, 0) is 12.1 Å². The van der Waals surface area contributed by atoms with Crippen LogP contribution in [0.1, 0.15) is 18.1 Å². The zero-order valence-corrected chi connectivity index (χ0v) is 10.2. The molecule has 1 rings (SSSR count). The third-order valence-corrected chi connectivity index (χ3v) is 2.80. The maximum atomic E-state index is 10.6. The van der Waals surface area contributed by atoms with Crippen LogP contribution in [-0.4, -0.2) is 22.2 Å². The second-order valence-corrected chi connectivity index (χ2v) is 4.40. The number of hydrogen-bond donors (Lipinski definition) is 4. The highest BCUT2D eigenvalue weighted by molar-refractivity contribution is 6.36. The molecule has 2 unspecified atom stereocenters. The minimum absolute atomic E-state index is 0.117. The minimum atomic E-state index is -1.40. The summed E-state index contributed by atoms with van der Waals surface area (Å²) in [4.78, 5) is 10.6. The van der Waals surface area contributed by atoms with Gasteiger partial charge in [-0.15, -0.1) is 0 Å². The Morgan fingerprint density at radius 1 is 1.29 bits per heavy atom. The van der Waals surface area contributed by atoms with E-state index in [2.05, 4.69) is 0 Å². The zero-order chi connectivity index (χ0) is 13.2. The quantitative estimate of drug-likeness (QED) is 0.612. The highest BCUT2D eigenvalue weighted by Crippen LogP contribution is 2.34. The summed E-state index contributed by atoms with van der Waals surface area (Å²) in [5, 5.41) is 19.6. The fourth-order valence-electron chi connectivity index (χ4n) is 1.40. The van der Waals surface area contributed by atoms with Gasteiger partial charge in [0, 0.05) is 21.3 Å². The van der Waals surface area contributed by atoms with Gasteiger partial charge in [-0.2, -0.15) is 0 Å². The van der Waals surface area contributed by atoms with Crippen LogP contribution in [0.3, 0.4) is 0 Å². The summed E-state index contributed by atoms with van der Waals surface area (Å²) < 4.78 is 0. The van der Waals surface area contributed by atoms with E-state index in [1.165, 1.54) is 12.1 Å². The van der Waals surface area contributed by atoms with Gasteiger partial charge < -0.3 is 21.7 Å². The molecule has 0 aliphatic heterocycles. The van der Waals surface area contributed by atoms with Crippen molar-refractivity contribution in [3.63, 3.8) is 0 Å². The van der Waals surface area contributed by atoms with Crippen LogP contribution in [0.2, 0.25) is 10.0 Å². The van der Waals surface area contributed by atoms with Gasteiger partial charge in [0.2, 0.25) is 5.91 Å². The molecule has 0 bridgehead atoms. The molecule has 17 heavy (non-hydrogen) atoms. The standard InChI is InChI=1S/C10H12Cl2N2O3/c11-5-1-4(13)2-6(12)9(5)10(17)7(15)3-8(14)16/h1-2,7,10,15,17H,3,13H2,(H2,14,16). The topological polar surface area (TPSA) is 110 Å². The van der Waals surface area contributed by atoms with Gasteiger partial charge in [-0.1, -0.05) is 23.2 Å². The Hall–Kier alpha value is -1.01. The number of benzene rings is 1. The molecule has 2 atom stereocenters. The molecule has 0 fully saturated rings. The molecule has 1 aromatic carbocycles. The molecule has 0 spiro atoms. The third kappa shape index (κ3) is 3.47. The van der Waals surface area contributed by atoms with Gasteiger partial charge in [-0.25, -0.2) is 0 Å². The van der Waals surface area contributed by atoms with Gasteiger partial charge in [-0.3, -0.25) is 4.79 Å². The highest BCUT2D eigenvalue weighted by Gasteiger charge is 2.25. The summed E-state index contributed by atoms with van der Waals surface area (Å²) in [6, 6.07) is 2.78. The fraction of sp³-hybridized carbons (Fsp3) is 0.300. The van der Waals surface area contributed by atoms with Gasteiger partial charge in [0.25, 0.3) is 0 Å². The number of carbonyl (C=O) groups is 1. The smallest absolute Gasteiger partial charge is 0.220 e. The number of amides is 1. The van der Waals surface area contributed by atoms with Crippen molar-refractivity contribution in [3.8, 4) is 0 Å². The Bertz CT molecular complexity index is 417. The van der Waals surface area contributed by atoms with E-state index in [1.807, 2.05) is 0 Å². The molecule has 0 aromatic heterocycles. The summed E-state index contributed by atoms with van der Waals surface area (Å²) >= 11 is 11.7. The average molecular weight is 279 g/mol. The Kier molecular flexibility index (Phi) is 4.59. The van der Waals surface area contributed by atoms with Crippen molar-refractivity contribution >= 4 is 34.8 Å². The molecule has 0 heterocycles. The summed E-state index contributed by atoms with van der Waals surface area (Å²) in [5.74, 6) is -0.737. The first-order chi connectivity index (χ1) is 7.82. The highest BCUT2D eigenvalue weighted by atomic mass is 35.5. The predicted molar refractivity (Wildman–Crippen MR) is 65.7 cm³/mol. The molecule has 0 radical (unpaired) electrons. The third-order valence-electron chi connectivity index (χ3n) is 2.17. The minimum Gasteiger partial charge on any atom is -0.399 e. The lowest BCUT2D eigenvalue weighted by atomic mass is 10.0. The van der Waals surface area contributed by atoms with E-state index >= 15 is 0 Å². The molecule has 1 amide bonds. The van der Waals surface area contributed by atoms with Crippen LogP contribution >= 0.6 is 23.2 Å². The van der Waals surface area contributed by atoms with Gasteiger partial charge in [0.1, 0.15) is 6.10 Å². The molecule has 6 N–H and O–H groups in total. The summed E-state index contributed by atoms with van der Waals surface area (Å²) in [6.45, 7) is 0. The van der Waals surface area contributed by atoms with Crippen molar-refractivity contribution in [2.24, 2.45) is 5.73 Å². The maximum Gasteiger partial charge on any atom is 0.220 e. The van der Waals surface area contributed by atoms with Crippen LogP contribution in [0.25, 0.3) is 0 Å². The molecule has 0 saturated carbocycles. The van der Waals surface area contributed by atoms with E-state index in [4.69, 9.17) is 34.7 Å². The molecular weight excluding hydrogens is 267 g/mol. The first-order valence-electron chi connectivity index (χ1n) is 4.71. The first kappa shape index (κ1) is 14.1. The average Bonchev–Trinajstić information content (AvgIpc) is 2.14. The Morgan fingerprint density at radius 2 is 1.76 bits per heavy atom. The molecule has 0 saturated heterocycles. The fourth-order valence-corrected chi connectivity index (χ4v) is 2.12. The summed E-state index contributed by atoms with van der Waals surface area (Å²) in [5.41, 5.74) is 10.9. The van der Waals surface area contributed by atoms with Gasteiger partial charge in [0.05, 0.1) is 12.5 Å². The van der Waals surface area contributed by atoms with E-state index in [9.17, 15) is 15.0 Å². The zero-order valence-electron chi connectivity index (χ0n) is 8.73. The predicted octanol–water partition coefficient (Wildman–Crippen LogP) is 0.845. The number of primary amides is 1. The van der Waals surface area contributed by atoms with Crippen LogP contribution in [0.5, 0.6) is 0 Å². The van der Waals surface area contributed by atoms with Gasteiger partial charge >= 0.3 is 0 Å². The van der Waals surface area contributed by atoms with Crippen molar-refractivity contribution in [1.82, 2.24) is 0 Å². The van der Waals surface area contributed by atoms with Crippen molar-refractivity contribution in [2.45, 2.75) is 18.6 Å². The molecule has 0 aliphatic carbocycles. The van der Waals surface area contributed by atoms with Crippen molar-refractivity contribution in [3.05, 3.63) is 27.7 Å². The van der Waals surface area contributed by atoms with E-state index < -0.39 is 24.5 Å². The van der Waals surface area contributed by atoms with Crippen molar-refractivity contribution in [1.29, 1.82) is 0 Å². The maximum absolute atomic E-state index is 10.6. The van der Waals surface area contributed by atoms with Crippen LogP contribution < -0.4 is 11.5 Å². The number of carbonyl (C=O) groups excluding carboxylic acids is 1. The van der Waals surface area contributed by atoms with E-state index in [1.54, 1.807) is 0 Å². The molecule has 94 valence electrons. The second kappa shape index (κ2) is 5.55. The molecule has 7 heteroatoms. The van der Waals surface area contributed by atoms with Crippen molar-refractivity contribution < 1.29 is 15.0 Å². The van der Waals surface area contributed by atoms with Crippen LogP contribution in [0.4, 0.5) is 5.69 Å². The normalized spacial score (nSPS) is 14.4. The molecular formula is C10H12Cl2N2O3. The van der Waals surface area contributed by atoms with Gasteiger partial charge in [0.15, 0.2) is 0 Å². The van der Waals surface area contributed by atoms with Crippen LogP contribution in [0, 0.1) is 0 Å². The summed E-state index contributed by atoms with van der Waals surface area (Å²) in [7, 11) is 0. The number of aliphatic hydroxyl groups excluding tert-OH is 2. The van der Waals surface area contributed by atoms with E-state index in [-0.39, 0.29) is 15.6 Å². The van der Waals surface area contributed by atoms with Crippen LogP contribution in [-0.2, 0) is 4.79 Å². The Morgan fingerprint density at radius 3 is 2.18 bits per heavy atom. The molecule has 1 aromatic rings. The molecule has 5 nitrogen and oxygen atoms in total. The molecule has 0 aliphatic rings. The Balaban J connectivity index is 3.03.